The number of nitrogens with one attached hydrogen (secondary N) is 1. The fourth-order valence-corrected chi connectivity index (χ4v) is 2.02. The Labute approximate surface area is 77.3 Å². The van der Waals surface area contributed by atoms with Gasteiger partial charge in [0.15, 0.2) is 0 Å². The first-order valence-electron chi connectivity index (χ1n) is 4.68. The molecule has 0 unspecified atom stereocenters. The molecule has 0 aromatic carbocycles. The van der Waals surface area contributed by atoms with Gasteiger partial charge >= 0.3 is 0 Å². The van der Waals surface area contributed by atoms with Gasteiger partial charge in [0.1, 0.15) is 0 Å². The zero-order valence-corrected chi connectivity index (χ0v) is 7.80. The van der Waals surface area contributed by atoms with Gasteiger partial charge in [-0.15, -0.1) is 0 Å². The van der Waals surface area contributed by atoms with Crippen molar-refractivity contribution in [3.63, 3.8) is 0 Å². The first-order valence-corrected chi connectivity index (χ1v) is 4.68. The summed E-state index contributed by atoms with van der Waals surface area (Å²) in [5.74, 6) is -0.325. The minimum absolute atomic E-state index is 0.105. The molecule has 0 aromatic rings. The number of imide groups is 1. The maximum absolute atomic E-state index is 11.1. The summed E-state index contributed by atoms with van der Waals surface area (Å²) in [7, 11) is 0. The molecule has 4 nitrogen and oxygen atoms in total. The summed E-state index contributed by atoms with van der Waals surface area (Å²) in [6.07, 6.45) is 3.42. The van der Waals surface area contributed by atoms with Gasteiger partial charge in [0.05, 0.1) is 13.1 Å². The monoisotopic (exact) mass is 182 g/mol. The Balaban J connectivity index is 2.06. The fourth-order valence-electron chi connectivity index (χ4n) is 2.02. The average molecular weight is 182 g/mol. The van der Waals surface area contributed by atoms with Gasteiger partial charge < -0.3 is 0 Å². The highest BCUT2D eigenvalue weighted by molar-refractivity contribution is 5.99. The van der Waals surface area contributed by atoms with Crippen LogP contribution in [0.2, 0.25) is 0 Å². The lowest BCUT2D eigenvalue weighted by Gasteiger charge is -2.48. The number of amides is 2. The van der Waals surface area contributed by atoms with Crippen LogP contribution in [0.15, 0.2) is 0 Å². The summed E-state index contributed by atoms with van der Waals surface area (Å²) >= 11 is 0. The molecule has 2 rings (SSSR count). The molecule has 13 heavy (non-hydrogen) atoms. The van der Waals surface area contributed by atoms with Crippen LogP contribution in [0.5, 0.6) is 0 Å². The van der Waals surface area contributed by atoms with E-state index in [2.05, 4.69) is 12.2 Å². The van der Waals surface area contributed by atoms with Crippen molar-refractivity contribution >= 4 is 11.8 Å². The van der Waals surface area contributed by atoms with Crippen LogP contribution in [0.1, 0.15) is 26.2 Å². The van der Waals surface area contributed by atoms with Crippen molar-refractivity contribution < 1.29 is 9.59 Å². The highest BCUT2D eigenvalue weighted by Crippen LogP contribution is 2.37. The molecule has 2 fully saturated rings. The van der Waals surface area contributed by atoms with E-state index in [0.717, 1.165) is 12.8 Å². The van der Waals surface area contributed by atoms with Crippen LogP contribution in [0.25, 0.3) is 0 Å². The van der Waals surface area contributed by atoms with Crippen molar-refractivity contribution in [2.24, 2.45) is 0 Å². The molecule has 1 N–H and O–H groups in total. The molecular formula is C9H14N2O2. The van der Waals surface area contributed by atoms with Gasteiger partial charge in [0.2, 0.25) is 11.8 Å². The molecule has 0 bridgehead atoms. The third kappa shape index (κ3) is 1.46. The molecule has 1 heterocycles. The largest absolute Gasteiger partial charge is 0.294 e. The predicted octanol–water partition coefficient (Wildman–Crippen LogP) is -0.113. The van der Waals surface area contributed by atoms with Gasteiger partial charge in [-0.05, 0) is 26.2 Å². The molecule has 4 heteroatoms. The van der Waals surface area contributed by atoms with E-state index < -0.39 is 0 Å². The molecule has 1 aliphatic carbocycles. The molecule has 72 valence electrons. The molecule has 0 spiro atoms. The van der Waals surface area contributed by atoms with Crippen molar-refractivity contribution in [2.45, 2.75) is 31.7 Å². The number of hydrogen-bond acceptors (Lipinski definition) is 3. The maximum atomic E-state index is 11.1. The first kappa shape index (κ1) is 8.69. The molecule has 1 saturated heterocycles. The van der Waals surface area contributed by atoms with E-state index in [1.165, 1.54) is 6.42 Å². The predicted molar refractivity (Wildman–Crippen MR) is 47.0 cm³/mol. The second kappa shape index (κ2) is 2.80. The van der Waals surface area contributed by atoms with E-state index in [-0.39, 0.29) is 17.4 Å². The van der Waals surface area contributed by atoms with E-state index >= 15 is 0 Å². The number of hydrogen-bond donors (Lipinski definition) is 1. The van der Waals surface area contributed by atoms with E-state index in [9.17, 15) is 9.59 Å². The standard InChI is InChI=1S/C9H14N2O2/c1-9(3-2-4-9)11-5-7(12)10-8(13)6-11/h2-6H2,1H3,(H,10,12,13). The minimum Gasteiger partial charge on any atom is -0.294 e. The van der Waals surface area contributed by atoms with Crippen molar-refractivity contribution in [2.75, 3.05) is 13.1 Å². The third-order valence-corrected chi connectivity index (χ3v) is 3.14. The van der Waals surface area contributed by atoms with E-state index in [0.29, 0.717) is 13.1 Å². The van der Waals surface area contributed by atoms with Crippen molar-refractivity contribution in [3.05, 3.63) is 0 Å². The normalized spacial score (nSPS) is 28.1. The zero-order chi connectivity index (χ0) is 9.47. The zero-order valence-electron chi connectivity index (χ0n) is 7.80. The Morgan fingerprint density at radius 2 is 1.77 bits per heavy atom. The average Bonchev–Trinajstić information content (AvgIpc) is 1.98. The van der Waals surface area contributed by atoms with Gasteiger partial charge in [-0.3, -0.25) is 19.8 Å². The van der Waals surface area contributed by atoms with E-state index in [1.54, 1.807) is 0 Å². The van der Waals surface area contributed by atoms with E-state index in [4.69, 9.17) is 0 Å². The van der Waals surface area contributed by atoms with Crippen LogP contribution in [-0.4, -0.2) is 35.3 Å². The van der Waals surface area contributed by atoms with Crippen molar-refractivity contribution in [3.8, 4) is 0 Å². The van der Waals surface area contributed by atoms with Crippen molar-refractivity contribution in [1.29, 1.82) is 0 Å². The highest BCUT2D eigenvalue weighted by atomic mass is 16.2. The van der Waals surface area contributed by atoms with Crippen LogP contribution in [0.4, 0.5) is 0 Å². The first-order chi connectivity index (χ1) is 6.10. The molecular weight excluding hydrogens is 168 g/mol. The van der Waals surface area contributed by atoms with Crippen LogP contribution >= 0.6 is 0 Å². The summed E-state index contributed by atoms with van der Waals surface area (Å²) in [6, 6.07) is 0. The second-order valence-electron chi connectivity index (χ2n) is 4.18. The summed E-state index contributed by atoms with van der Waals surface area (Å²) in [5.41, 5.74) is 0.105. The number of nitrogens with zero attached hydrogens (tertiary/aromatic N) is 1. The van der Waals surface area contributed by atoms with Gasteiger partial charge in [-0.1, -0.05) is 0 Å². The minimum atomic E-state index is -0.163. The fraction of sp³-hybridized carbons (Fsp3) is 0.778. The lowest BCUT2D eigenvalue weighted by molar-refractivity contribution is -0.140. The second-order valence-corrected chi connectivity index (χ2v) is 4.18. The SMILES string of the molecule is CC1(N2CC(=O)NC(=O)C2)CCC1. The Morgan fingerprint density at radius 3 is 2.15 bits per heavy atom. The van der Waals surface area contributed by atoms with Gasteiger partial charge in [0, 0.05) is 5.54 Å². The summed E-state index contributed by atoms with van der Waals surface area (Å²) < 4.78 is 0. The number of piperazine rings is 1. The molecule has 0 radical (unpaired) electrons. The Bertz CT molecular complexity index is 242. The number of carbonyl (C=O) groups is 2. The summed E-state index contributed by atoms with van der Waals surface area (Å²) in [4.78, 5) is 24.2. The maximum Gasteiger partial charge on any atom is 0.240 e. The molecule has 0 aromatic heterocycles. The van der Waals surface area contributed by atoms with Crippen LogP contribution in [-0.2, 0) is 9.59 Å². The smallest absolute Gasteiger partial charge is 0.240 e. The Morgan fingerprint density at radius 1 is 1.23 bits per heavy atom. The van der Waals surface area contributed by atoms with Crippen LogP contribution in [0, 0.1) is 0 Å². The number of rotatable bonds is 1. The Kier molecular flexibility index (Phi) is 1.87. The highest BCUT2D eigenvalue weighted by Gasteiger charge is 2.41. The Hall–Kier alpha value is -0.900. The van der Waals surface area contributed by atoms with E-state index in [1.807, 2.05) is 4.90 Å². The third-order valence-electron chi connectivity index (χ3n) is 3.14. The molecule has 2 amide bonds. The summed E-state index contributed by atoms with van der Waals surface area (Å²) in [6.45, 7) is 2.88. The molecule has 2 aliphatic rings. The van der Waals surface area contributed by atoms with Gasteiger partial charge in [0.25, 0.3) is 0 Å². The lowest BCUT2D eigenvalue weighted by atomic mass is 9.76. The van der Waals surface area contributed by atoms with Gasteiger partial charge in [-0.25, -0.2) is 0 Å². The topological polar surface area (TPSA) is 49.4 Å². The van der Waals surface area contributed by atoms with Crippen LogP contribution < -0.4 is 5.32 Å². The molecule has 1 aliphatic heterocycles. The quantitative estimate of drug-likeness (QED) is 0.575. The molecule has 0 atom stereocenters. The number of carbonyl (C=O) groups excluding carboxylic acids is 2. The lowest BCUT2D eigenvalue weighted by Crippen LogP contribution is -2.61. The van der Waals surface area contributed by atoms with Crippen molar-refractivity contribution in [1.82, 2.24) is 10.2 Å². The summed E-state index contributed by atoms with van der Waals surface area (Å²) in [5, 5.41) is 2.31. The van der Waals surface area contributed by atoms with Crippen LogP contribution in [0.3, 0.4) is 0 Å². The van der Waals surface area contributed by atoms with Gasteiger partial charge in [-0.2, -0.15) is 0 Å². The molecule has 1 saturated carbocycles.